The number of imidazole rings is 1. The molecule has 5 rings (SSSR count). The van der Waals surface area contributed by atoms with E-state index in [0.29, 0.717) is 11.5 Å². The van der Waals surface area contributed by atoms with Gasteiger partial charge in [0.1, 0.15) is 17.3 Å². The van der Waals surface area contributed by atoms with Crippen LogP contribution in [-0.4, -0.2) is 45.7 Å². The zero-order valence-electron chi connectivity index (χ0n) is 17.6. The van der Waals surface area contributed by atoms with E-state index in [-0.39, 0.29) is 5.82 Å². The van der Waals surface area contributed by atoms with Crippen LogP contribution in [0, 0.1) is 5.82 Å². The van der Waals surface area contributed by atoms with Crippen molar-refractivity contribution in [3.8, 4) is 17.2 Å². The highest BCUT2D eigenvalue weighted by Gasteiger charge is 2.42. The van der Waals surface area contributed by atoms with E-state index in [0.717, 1.165) is 47.6 Å². The Labute approximate surface area is 178 Å². The SMILES string of the molecule is COc1cc2nc([C@]3(C)CCCN3c3cc(F)ccc3-n3nccn3)[nH]c2cc1OC. The van der Waals surface area contributed by atoms with Crippen LogP contribution in [0.15, 0.2) is 42.7 Å². The molecule has 0 spiro atoms. The maximum absolute atomic E-state index is 14.3. The first-order chi connectivity index (χ1) is 15.0. The molecule has 1 saturated heterocycles. The Morgan fingerprint density at radius 1 is 1.03 bits per heavy atom. The van der Waals surface area contributed by atoms with Crippen molar-refractivity contribution in [3.05, 3.63) is 54.4 Å². The molecule has 3 heterocycles. The van der Waals surface area contributed by atoms with Crippen molar-refractivity contribution in [2.45, 2.75) is 25.3 Å². The Kier molecular flexibility index (Phi) is 4.53. The summed E-state index contributed by atoms with van der Waals surface area (Å²) in [6.45, 7) is 2.88. The van der Waals surface area contributed by atoms with Gasteiger partial charge in [-0.3, -0.25) is 0 Å². The summed E-state index contributed by atoms with van der Waals surface area (Å²) in [4.78, 5) is 12.0. The fourth-order valence-electron chi connectivity index (χ4n) is 4.41. The molecule has 4 aromatic rings. The first-order valence-corrected chi connectivity index (χ1v) is 10.1. The lowest BCUT2D eigenvalue weighted by Crippen LogP contribution is -2.40. The Morgan fingerprint density at radius 2 is 1.77 bits per heavy atom. The summed E-state index contributed by atoms with van der Waals surface area (Å²) in [6, 6.07) is 8.41. The molecule has 31 heavy (non-hydrogen) atoms. The number of ether oxygens (including phenoxy) is 2. The van der Waals surface area contributed by atoms with E-state index in [4.69, 9.17) is 14.5 Å². The number of methoxy groups -OCH3 is 2. The minimum Gasteiger partial charge on any atom is -0.493 e. The molecule has 8 nitrogen and oxygen atoms in total. The maximum atomic E-state index is 14.3. The normalized spacial score (nSPS) is 18.6. The van der Waals surface area contributed by atoms with Gasteiger partial charge in [-0.25, -0.2) is 9.37 Å². The molecule has 0 aliphatic carbocycles. The average molecular weight is 422 g/mol. The highest BCUT2D eigenvalue weighted by Crippen LogP contribution is 2.43. The summed E-state index contributed by atoms with van der Waals surface area (Å²) >= 11 is 0. The minimum atomic E-state index is -0.463. The second-order valence-electron chi connectivity index (χ2n) is 7.79. The van der Waals surface area contributed by atoms with E-state index in [1.165, 1.54) is 16.9 Å². The number of H-pyrrole nitrogens is 1. The molecule has 1 atom stereocenters. The predicted molar refractivity (Wildman–Crippen MR) is 114 cm³/mol. The van der Waals surface area contributed by atoms with Gasteiger partial charge in [0.15, 0.2) is 11.5 Å². The molecule has 1 aliphatic rings. The maximum Gasteiger partial charge on any atom is 0.163 e. The van der Waals surface area contributed by atoms with Gasteiger partial charge in [0.25, 0.3) is 0 Å². The quantitative estimate of drug-likeness (QED) is 0.527. The van der Waals surface area contributed by atoms with Gasteiger partial charge >= 0.3 is 0 Å². The van der Waals surface area contributed by atoms with Gasteiger partial charge in [-0.05, 0) is 38.0 Å². The van der Waals surface area contributed by atoms with Crippen LogP contribution in [0.3, 0.4) is 0 Å². The van der Waals surface area contributed by atoms with Gasteiger partial charge in [-0.15, -0.1) is 4.80 Å². The largest absolute Gasteiger partial charge is 0.493 e. The second kappa shape index (κ2) is 7.26. The van der Waals surface area contributed by atoms with Crippen LogP contribution in [-0.2, 0) is 5.54 Å². The first-order valence-electron chi connectivity index (χ1n) is 10.1. The van der Waals surface area contributed by atoms with E-state index < -0.39 is 5.54 Å². The molecule has 0 saturated carbocycles. The molecular weight excluding hydrogens is 399 g/mol. The minimum absolute atomic E-state index is 0.306. The van der Waals surface area contributed by atoms with E-state index in [1.807, 2.05) is 12.1 Å². The Morgan fingerprint density at radius 3 is 2.52 bits per heavy atom. The van der Waals surface area contributed by atoms with Crippen LogP contribution < -0.4 is 14.4 Å². The van der Waals surface area contributed by atoms with Crippen molar-refractivity contribution >= 4 is 16.7 Å². The van der Waals surface area contributed by atoms with Crippen molar-refractivity contribution in [1.82, 2.24) is 25.0 Å². The number of hydrogen-bond acceptors (Lipinski definition) is 6. The molecular formula is C22H23FN6O2. The zero-order chi connectivity index (χ0) is 21.6. The third-order valence-corrected chi connectivity index (χ3v) is 6.00. The van der Waals surface area contributed by atoms with E-state index >= 15 is 0 Å². The van der Waals surface area contributed by atoms with Gasteiger partial charge in [0.2, 0.25) is 0 Å². The van der Waals surface area contributed by atoms with Gasteiger partial charge in [-0.2, -0.15) is 10.2 Å². The van der Waals surface area contributed by atoms with Crippen LogP contribution in [0.4, 0.5) is 10.1 Å². The van der Waals surface area contributed by atoms with Crippen LogP contribution in [0.1, 0.15) is 25.6 Å². The summed E-state index contributed by atoms with van der Waals surface area (Å²) < 4.78 is 25.1. The fraction of sp³-hybridized carbons (Fsp3) is 0.318. The number of hydrogen-bond donors (Lipinski definition) is 1. The molecule has 1 aliphatic heterocycles. The molecule has 9 heteroatoms. The number of halogens is 1. The second-order valence-corrected chi connectivity index (χ2v) is 7.79. The van der Waals surface area contributed by atoms with Crippen LogP contribution in [0.25, 0.3) is 16.7 Å². The van der Waals surface area contributed by atoms with Crippen molar-refractivity contribution < 1.29 is 13.9 Å². The van der Waals surface area contributed by atoms with E-state index in [9.17, 15) is 4.39 Å². The van der Waals surface area contributed by atoms with Gasteiger partial charge < -0.3 is 19.4 Å². The monoisotopic (exact) mass is 422 g/mol. The zero-order valence-corrected chi connectivity index (χ0v) is 17.6. The van der Waals surface area contributed by atoms with Gasteiger partial charge in [-0.1, -0.05) is 0 Å². The number of benzene rings is 2. The molecule has 1 N–H and O–H groups in total. The molecule has 0 unspecified atom stereocenters. The van der Waals surface area contributed by atoms with Crippen LogP contribution in [0.5, 0.6) is 11.5 Å². The molecule has 2 aromatic heterocycles. The molecule has 0 amide bonds. The summed E-state index contributed by atoms with van der Waals surface area (Å²) in [5.41, 5.74) is 2.63. The van der Waals surface area contributed by atoms with E-state index in [1.54, 1.807) is 32.7 Å². The third kappa shape index (κ3) is 3.08. The molecule has 2 aromatic carbocycles. The van der Waals surface area contributed by atoms with Crippen LogP contribution in [0.2, 0.25) is 0 Å². The summed E-state index contributed by atoms with van der Waals surface area (Å²) in [7, 11) is 3.21. The summed E-state index contributed by atoms with van der Waals surface area (Å²) in [5, 5.41) is 8.49. The van der Waals surface area contributed by atoms with Crippen molar-refractivity contribution in [3.63, 3.8) is 0 Å². The highest BCUT2D eigenvalue weighted by molar-refractivity contribution is 5.80. The number of anilines is 1. The predicted octanol–water partition coefficient (Wildman–Crippen LogP) is 3.82. The number of rotatable bonds is 5. The number of nitrogens with zero attached hydrogens (tertiary/aromatic N) is 5. The standard InChI is InChI=1S/C22H23FN6O2/c1-22(21-26-15-12-19(30-2)20(31-3)13-16(15)27-21)7-4-10-28(22)18-11-14(23)5-6-17(18)29-24-8-9-25-29/h5-6,8-9,11-13H,4,7,10H2,1-3H3,(H,26,27)/t22-/m0/s1. The average Bonchev–Trinajstić information content (AvgIpc) is 3.52. The Balaban J connectivity index is 1.63. The lowest BCUT2D eigenvalue weighted by Gasteiger charge is -2.36. The van der Waals surface area contributed by atoms with E-state index in [2.05, 4.69) is 27.0 Å². The molecule has 160 valence electrons. The smallest absolute Gasteiger partial charge is 0.163 e. The van der Waals surface area contributed by atoms with Crippen molar-refractivity contribution in [1.29, 1.82) is 0 Å². The molecule has 1 fully saturated rings. The van der Waals surface area contributed by atoms with Crippen molar-refractivity contribution in [2.75, 3.05) is 25.7 Å². The third-order valence-electron chi connectivity index (χ3n) is 6.00. The molecule has 0 bridgehead atoms. The lowest BCUT2D eigenvalue weighted by molar-refractivity contribution is 0.356. The first kappa shape index (κ1) is 19.3. The summed E-state index contributed by atoms with van der Waals surface area (Å²) in [5.74, 6) is 1.76. The summed E-state index contributed by atoms with van der Waals surface area (Å²) in [6.07, 6.45) is 5.03. The fourth-order valence-corrected chi connectivity index (χ4v) is 4.41. The Bertz CT molecular complexity index is 1200. The Hall–Kier alpha value is -3.62. The highest BCUT2D eigenvalue weighted by atomic mass is 19.1. The number of fused-ring (bicyclic) bond motifs is 1. The number of nitrogens with one attached hydrogen (secondary N) is 1. The topological polar surface area (TPSA) is 81.1 Å². The van der Waals surface area contributed by atoms with Crippen LogP contribution >= 0.6 is 0 Å². The number of aromatic nitrogens is 5. The van der Waals surface area contributed by atoms with Gasteiger partial charge in [0.05, 0.1) is 48.9 Å². The molecule has 0 radical (unpaired) electrons. The van der Waals surface area contributed by atoms with Gasteiger partial charge in [0, 0.05) is 18.7 Å². The number of aromatic amines is 1. The lowest BCUT2D eigenvalue weighted by atomic mass is 9.97. The van der Waals surface area contributed by atoms with Crippen molar-refractivity contribution in [2.24, 2.45) is 0 Å².